The number of rotatable bonds is 17. The van der Waals surface area contributed by atoms with E-state index >= 15 is 0 Å². The predicted molar refractivity (Wildman–Crippen MR) is 111 cm³/mol. The number of ether oxygens (including phenoxy) is 2. The summed E-state index contributed by atoms with van der Waals surface area (Å²) in [5, 5.41) is 0. The normalized spacial score (nSPS) is 15.6. The van der Waals surface area contributed by atoms with Gasteiger partial charge in [0, 0.05) is 6.42 Å². The molecule has 152 valence electrons. The molecule has 0 spiro atoms. The van der Waals surface area contributed by atoms with Gasteiger partial charge in [0.05, 0.1) is 12.7 Å². The van der Waals surface area contributed by atoms with Crippen molar-refractivity contribution in [2.45, 2.75) is 102 Å². The number of esters is 1. The van der Waals surface area contributed by atoms with Gasteiger partial charge in [-0.25, -0.2) is 0 Å². The van der Waals surface area contributed by atoms with Crippen LogP contribution in [0.15, 0.2) is 30.3 Å². The Morgan fingerprint density at radius 3 is 1.78 bits per heavy atom. The van der Waals surface area contributed by atoms with Gasteiger partial charge in [-0.05, 0) is 25.0 Å². The fraction of sp³-hybridized carbons (Fsp3) is 0.708. The summed E-state index contributed by atoms with van der Waals surface area (Å²) in [5.74, 6) is 0.539. The first-order valence-corrected chi connectivity index (χ1v) is 11.2. The Morgan fingerprint density at radius 1 is 0.778 bits per heavy atom. The van der Waals surface area contributed by atoms with E-state index in [-0.39, 0.29) is 5.97 Å². The van der Waals surface area contributed by atoms with Crippen LogP contribution in [-0.2, 0) is 9.53 Å². The Hall–Kier alpha value is -1.35. The number of para-hydroxylation sites is 1. The molecule has 0 aromatic heterocycles. The number of unbranched alkanes of at least 4 members (excludes halogenated alkanes) is 12. The zero-order chi connectivity index (χ0) is 19.0. The van der Waals surface area contributed by atoms with Gasteiger partial charge in [0.25, 0.3) is 0 Å². The minimum Gasteiger partial charge on any atom is -0.427 e. The maximum Gasteiger partial charge on any atom is 0.311 e. The molecule has 1 aliphatic heterocycles. The van der Waals surface area contributed by atoms with Crippen LogP contribution in [-0.4, -0.2) is 18.7 Å². The fourth-order valence-electron chi connectivity index (χ4n) is 3.49. The minimum atomic E-state index is -0.109. The largest absolute Gasteiger partial charge is 0.427 e. The van der Waals surface area contributed by atoms with Crippen molar-refractivity contribution in [1.29, 1.82) is 0 Å². The summed E-state index contributed by atoms with van der Waals surface area (Å²) < 4.78 is 10.5. The highest BCUT2D eigenvalue weighted by Gasteiger charge is 2.20. The van der Waals surface area contributed by atoms with Crippen LogP contribution >= 0.6 is 0 Å². The van der Waals surface area contributed by atoms with Gasteiger partial charge < -0.3 is 9.47 Å². The van der Waals surface area contributed by atoms with Crippen LogP contribution in [0.3, 0.4) is 0 Å². The predicted octanol–water partition coefficient (Wildman–Crippen LogP) is 6.84. The Bertz CT molecular complexity index is 482. The molecule has 0 radical (unpaired) electrons. The third-order valence-corrected chi connectivity index (χ3v) is 5.28. The number of hydrogen-bond donors (Lipinski definition) is 0. The maximum atomic E-state index is 11.7. The van der Waals surface area contributed by atoms with Crippen LogP contribution in [0.25, 0.3) is 0 Å². The van der Waals surface area contributed by atoms with E-state index in [0.29, 0.717) is 18.3 Å². The standard InChI is InChI=1S/C24H38O3/c25-24(27-22-17-14-12-15-18-22)20-16-11-9-7-5-3-1-2-4-6-8-10-13-19-23-21-26-23/h12,14-15,17-18,23H,1-11,13,16,19-21H2. The Labute approximate surface area is 165 Å². The Morgan fingerprint density at radius 2 is 1.26 bits per heavy atom. The molecule has 1 aromatic carbocycles. The van der Waals surface area contributed by atoms with E-state index in [0.717, 1.165) is 19.4 Å². The minimum absolute atomic E-state index is 0.109. The van der Waals surface area contributed by atoms with Crippen LogP contribution in [0.5, 0.6) is 5.75 Å². The fourth-order valence-corrected chi connectivity index (χ4v) is 3.49. The zero-order valence-corrected chi connectivity index (χ0v) is 17.0. The lowest BCUT2D eigenvalue weighted by atomic mass is 10.0. The second-order valence-electron chi connectivity index (χ2n) is 7.88. The smallest absolute Gasteiger partial charge is 0.311 e. The molecular formula is C24H38O3. The maximum absolute atomic E-state index is 11.7. The molecule has 1 atom stereocenters. The van der Waals surface area contributed by atoms with Crippen LogP contribution in [0, 0.1) is 0 Å². The third kappa shape index (κ3) is 12.6. The van der Waals surface area contributed by atoms with E-state index in [1.807, 2.05) is 30.3 Å². The molecule has 0 aliphatic carbocycles. The molecule has 1 aliphatic rings. The van der Waals surface area contributed by atoms with Crippen molar-refractivity contribution in [3.05, 3.63) is 30.3 Å². The number of carbonyl (C=O) groups excluding carboxylic acids is 1. The molecule has 1 saturated heterocycles. The molecule has 3 nitrogen and oxygen atoms in total. The molecule has 1 aromatic rings. The summed E-state index contributed by atoms with van der Waals surface area (Å²) in [4.78, 5) is 11.7. The highest BCUT2D eigenvalue weighted by molar-refractivity contribution is 5.72. The highest BCUT2D eigenvalue weighted by Crippen LogP contribution is 2.18. The molecule has 0 saturated carbocycles. The number of benzene rings is 1. The zero-order valence-electron chi connectivity index (χ0n) is 17.0. The van der Waals surface area contributed by atoms with E-state index in [2.05, 4.69) is 0 Å². The van der Waals surface area contributed by atoms with Gasteiger partial charge in [0.15, 0.2) is 0 Å². The molecule has 27 heavy (non-hydrogen) atoms. The summed E-state index contributed by atoms with van der Waals surface area (Å²) >= 11 is 0. The summed E-state index contributed by atoms with van der Waals surface area (Å²) in [5.41, 5.74) is 0. The Kier molecular flexibility index (Phi) is 11.9. The van der Waals surface area contributed by atoms with Crippen molar-refractivity contribution in [2.24, 2.45) is 0 Å². The Balaban J connectivity index is 1.25. The van der Waals surface area contributed by atoms with Crippen LogP contribution in [0.2, 0.25) is 0 Å². The van der Waals surface area contributed by atoms with Crippen molar-refractivity contribution in [2.75, 3.05) is 6.61 Å². The molecule has 1 unspecified atom stereocenters. The van der Waals surface area contributed by atoms with Crippen molar-refractivity contribution >= 4 is 5.97 Å². The summed E-state index contributed by atoms with van der Waals surface area (Å²) in [6.07, 6.45) is 19.5. The lowest BCUT2D eigenvalue weighted by Gasteiger charge is -2.04. The van der Waals surface area contributed by atoms with Crippen molar-refractivity contribution in [3.63, 3.8) is 0 Å². The topological polar surface area (TPSA) is 38.8 Å². The summed E-state index contributed by atoms with van der Waals surface area (Å²) in [7, 11) is 0. The molecule has 1 fully saturated rings. The lowest BCUT2D eigenvalue weighted by Crippen LogP contribution is -2.07. The second kappa shape index (κ2) is 14.7. The quantitative estimate of drug-likeness (QED) is 0.130. The van der Waals surface area contributed by atoms with Crippen LogP contribution in [0.1, 0.15) is 96.3 Å². The lowest BCUT2D eigenvalue weighted by molar-refractivity contribution is -0.134. The average Bonchev–Trinajstić information content (AvgIpc) is 3.50. The third-order valence-electron chi connectivity index (χ3n) is 5.28. The van der Waals surface area contributed by atoms with Crippen LogP contribution < -0.4 is 4.74 Å². The van der Waals surface area contributed by atoms with Crippen molar-refractivity contribution in [3.8, 4) is 5.75 Å². The van der Waals surface area contributed by atoms with Gasteiger partial charge in [0.2, 0.25) is 0 Å². The highest BCUT2D eigenvalue weighted by atomic mass is 16.6. The van der Waals surface area contributed by atoms with Crippen molar-refractivity contribution < 1.29 is 14.3 Å². The van der Waals surface area contributed by atoms with Gasteiger partial charge in [0.1, 0.15) is 5.75 Å². The van der Waals surface area contributed by atoms with Crippen LogP contribution in [0.4, 0.5) is 0 Å². The number of hydrogen-bond acceptors (Lipinski definition) is 3. The molecule has 0 N–H and O–H groups in total. The first-order valence-electron chi connectivity index (χ1n) is 11.2. The van der Waals surface area contributed by atoms with E-state index in [1.165, 1.54) is 77.0 Å². The first-order chi connectivity index (χ1) is 13.3. The monoisotopic (exact) mass is 374 g/mol. The molecular weight excluding hydrogens is 336 g/mol. The molecule has 1 heterocycles. The summed E-state index contributed by atoms with van der Waals surface area (Å²) in [6, 6.07) is 9.33. The van der Waals surface area contributed by atoms with E-state index in [1.54, 1.807) is 0 Å². The molecule has 3 heteroatoms. The van der Waals surface area contributed by atoms with Gasteiger partial charge in [-0.1, -0.05) is 95.2 Å². The van der Waals surface area contributed by atoms with Gasteiger partial charge in [-0.15, -0.1) is 0 Å². The average molecular weight is 375 g/mol. The van der Waals surface area contributed by atoms with E-state index in [9.17, 15) is 4.79 Å². The number of epoxide rings is 1. The van der Waals surface area contributed by atoms with Crippen molar-refractivity contribution in [1.82, 2.24) is 0 Å². The van der Waals surface area contributed by atoms with E-state index in [4.69, 9.17) is 9.47 Å². The second-order valence-corrected chi connectivity index (χ2v) is 7.88. The van der Waals surface area contributed by atoms with Gasteiger partial charge in [-0.2, -0.15) is 0 Å². The van der Waals surface area contributed by atoms with Gasteiger partial charge in [-0.3, -0.25) is 4.79 Å². The number of carbonyl (C=O) groups is 1. The molecule has 0 bridgehead atoms. The first kappa shape index (κ1) is 21.9. The van der Waals surface area contributed by atoms with Gasteiger partial charge >= 0.3 is 5.97 Å². The van der Waals surface area contributed by atoms with E-state index < -0.39 is 0 Å². The molecule has 2 rings (SSSR count). The summed E-state index contributed by atoms with van der Waals surface area (Å²) in [6.45, 7) is 1.01. The SMILES string of the molecule is O=C(CCCCCCCCCCCCCCCC1CO1)Oc1ccccc1. The molecule has 0 amide bonds.